The first-order valence-corrected chi connectivity index (χ1v) is 3.10. The van der Waals surface area contributed by atoms with Gasteiger partial charge in [-0.3, -0.25) is 0 Å². The van der Waals surface area contributed by atoms with Crippen LogP contribution in [0.25, 0.3) is 0 Å². The van der Waals surface area contributed by atoms with E-state index >= 15 is 0 Å². The molecule has 1 unspecified atom stereocenters. The third-order valence-electron chi connectivity index (χ3n) is 1.18. The molecule has 0 N–H and O–H groups in total. The van der Waals surface area contributed by atoms with Gasteiger partial charge in [0.25, 0.3) is 0 Å². The van der Waals surface area contributed by atoms with Crippen LogP contribution in [-0.2, 0) is 4.74 Å². The Hall–Kier alpha value is -0.480. The summed E-state index contributed by atoms with van der Waals surface area (Å²) in [6.45, 7) is 3.74. The molecule has 0 fully saturated rings. The molecule has 0 aromatic heterocycles. The number of rotatable bonds is 4. The predicted octanol–water partition coefficient (Wildman–Crippen LogP) is 1.64. The monoisotopic (exact) mass is 125 g/mol. The first-order valence-electron chi connectivity index (χ1n) is 3.10. The van der Waals surface area contributed by atoms with Gasteiger partial charge < -0.3 is 4.74 Å². The minimum Gasteiger partial charge on any atom is -0.381 e. The molecule has 0 aromatic rings. The lowest BCUT2D eigenvalue weighted by molar-refractivity contribution is 0.130. The van der Waals surface area contributed by atoms with Crippen LogP contribution in [0, 0.1) is 19.3 Å². The summed E-state index contributed by atoms with van der Waals surface area (Å²) >= 11 is 0. The van der Waals surface area contributed by atoms with Gasteiger partial charge >= 0.3 is 0 Å². The van der Waals surface area contributed by atoms with Crippen LogP contribution >= 0.6 is 0 Å². The average Bonchev–Trinajstić information content (AvgIpc) is 1.89. The highest BCUT2D eigenvalue weighted by molar-refractivity contribution is 4.83. The zero-order valence-electron chi connectivity index (χ0n) is 5.89. The minimum absolute atomic E-state index is 0.110. The smallest absolute Gasteiger partial charge is 0.0572 e. The Balaban J connectivity index is 2.99. The molecular formula is C8H13O. The molecule has 1 heteroatoms. The van der Waals surface area contributed by atoms with Crippen LogP contribution in [0.4, 0.5) is 0 Å². The van der Waals surface area contributed by atoms with Crippen molar-refractivity contribution in [3.8, 4) is 12.3 Å². The summed E-state index contributed by atoms with van der Waals surface area (Å²) in [7, 11) is 1.66. The van der Waals surface area contributed by atoms with E-state index < -0.39 is 0 Å². The van der Waals surface area contributed by atoms with Crippen LogP contribution in [0.5, 0.6) is 0 Å². The molecule has 0 spiro atoms. The molecule has 0 aliphatic rings. The second kappa shape index (κ2) is 5.65. The quantitative estimate of drug-likeness (QED) is 0.410. The van der Waals surface area contributed by atoms with E-state index in [1.165, 1.54) is 0 Å². The zero-order valence-corrected chi connectivity index (χ0v) is 5.89. The minimum atomic E-state index is 0.110. The number of terminal acetylenes is 1. The van der Waals surface area contributed by atoms with Crippen LogP contribution in [0.1, 0.15) is 19.3 Å². The fraction of sp³-hybridized carbons (Fsp3) is 0.625. The Labute approximate surface area is 57.4 Å². The fourth-order valence-corrected chi connectivity index (χ4v) is 0.550. The number of hydrogen-bond acceptors (Lipinski definition) is 1. The molecule has 1 atom stereocenters. The summed E-state index contributed by atoms with van der Waals surface area (Å²) in [5.41, 5.74) is 0. The van der Waals surface area contributed by atoms with Gasteiger partial charge in [-0.15, -0.1) is 12.3 Å². The number of ether oxygens (including phenoxy) is 1. The third kappa shape index (κ3) is 5.39. The molecule has 51 valence electrons. The summed E-state index contributed by atoms with van der Waals surface area (Å²) in [5, 5.41) is 0. The molecule has 0 amide bonds. The SMILES string of the molecule is C#CCCCC([CH2])OC. The average molecular weight is 125 g/mol. The maximum Gasteiger partial charge on any atom is 0.0572 e. The topological polar surface area (TPSA) is 9.23 Å². The van der Waals surface area contributed by atoms with Crippen molar-refractivity contribution < 1.29 is 4.74 Å². The van der Waals surface area contributed by atoms with Gasteiger partial charge in [0, 0.05) is 13.5 Å². The van der Waals surface area contributed by atoms with Gasteiger partial charge in [-0.1, -0.05) is 0 Å². The lowest BCUT2D eigenvalue weighted by Crippen LogP contribution is -2.03. The molecular weight excluding hydrogens is 112 g/mol. The Morgan fingerprint density at radius 1 is 1.78 bits per heavy atom. The van der Waals surface area contributed by atoms with Crippen molar-refractivity contribution in [3.63, 3.8) is 0 Å². The molecule has 0 aliphatic carbocycles. The first kappa shape index (κ1) is 8.52. The van der Waals surface area contributed by atoms with E-state index in [1.807, 2.05) is 0 Å². The van der Waals surface area contributed by atoms with Crippen LogP contribution in [0.2, 0.25) is 0 Å². The Kier molecular flexibility index (Phi) is 5.35. The normalized spacial score (nSPS) is 12.6. The lowest BCUT2D eigenvalue weighted by atomic mass is 10.2. The largest absolute Gasteiger partial charge is 0.381 e. The molecule has 0 aliphatic heterocycles. The van der Waals surface area contributed by atoms with Crippen molar-refractivity contribution in [1.29, 1.82) is 0 Å². The van der Waals surface area contributed by atoms with Crippen LogP contribution < -0.4 is 0 Å². The van der Waals surface area contributed by atoms with E-state index in [0.29, 0.717) is 0 Å². The molecule has 0 bridgehead atoms. The van der Waals surface area contributed by atoms with Gasteiger partial charge in [-0.05, 0) is 19.8 Å². The highest BCUT2D eigenvalue weighted by Crippen LogP contribution is 2.00. The van der Waals surface area contributed by atoms with Crippen molar-refractivity contribution in [1.82, 2.24) is 0 Å². The predicted molar refractivity (Wildman–Crippen MR) is 38.8 cm³/mol. The summed E-state index contributed by atoms with van der Waals surface area (Å²) in [6, 6.07) is 0. The molecule has 1 radical (unpaired) electrons. The molecule has 0 rings (SSSR count). The van der Waals surface area contributed by atoms with Crippen LogP contribution in [0.3, 0.4) is 0 Å². The molecule has 0 heterocycles. The van der Waals surface area contributed by atoms with E-state index in [0.717, 1.165) is 19.3 Å². The summed E-state index contributed by atoms with van der Waals surface area (Å²) < 4.78 is 4.92. The van der Waals surface area contributed by atoms with Gasteiger partial charge in [0.05, 0.1) is 6.10 Å². The van der Waals surface area contributed by atoms with Crippen molar-refractivity contribution in [2.45, 2.75) is 25.4 Å². The molecule has 0 aromatic carbocycles. The van der Waals surface area contributed by atoms with Gasteiger partial charge in [0.15, 0.2) is 0 Å². The number of hydrogen-bond donors (Lipinski definition) is 0. The van der Waals surface area contributed by atoms with E-state index in [-0.39, 0.29) is 6.10 Å². The van der Waals surface area contributed by atoms with E-state index in [1.54, 1.807) is 7.11 Å². The fourth-order valence-electron chi connectivity index (χ4n) is 0.550. The first-order chi connectivity index (χ1) is 4.31. The van der Waals surface area contributed by atoms with E-state index in [4.69, 9.17) is 11.2 Å². The Morgan fingerprint density at radius 3 is 2.89 bits per heavy atom. The number of methoxy groups -OCH3 is 1. The second-order valence-corrected chi connectivity index (χ2v) is 1.95. The third-order valence-corrected chi connectivity index (χ3v) is 1.18. The molecule has 0 saturated carbocycles. The summed E-state index contributed by atoms with van der Waals surface area (Å²) in [4.78, 5) is 0. The summed E-state index contributed by atoms with van der Waals surface area (Å²) in [6.07, 6.45) is 7.95. The van der Waals surface area contributed by atoms with Gasteiger partial charge in [0.2, 0.25) is 0 Å². The van der Waals surface area contributed by atoms with Gasteiger partial charge in [-0.25, -0.2) is 0 Å². The van der Waals surface area contributed by atoms with Crippen molar-refractivity contribution in [3.05, 3.63) is 6.92 Å². The molecule has 0 saturated heterocycles. The Morgan fingerprint density at radius 2 is 2.44 bits per heavy atom. The van der Waals surface area contributed by atoms with Gasteiger partial charge in [0.1, 0.15) is 0 Å². The second-order valence-electron chi connectivity index (χ2n) is 1.95. The van der Waals surface area contributed by atoms with Crippen LogP contribution in [0.15, 0.2) is 0 Å². The molecule has 9 heavy (non-hydrogen) atoms. The highest BCUT2D eigenvalue weighted by atomic mass is 16.5. The molecule has 1 nitrogen and oxygen atoms in total. The van der Waals surface area contributed by atoms with Crippen molar-refractivity contribution in [2.24, 2.45) is 0 Å². The Bertz CT molecular complexity index is 91.2. The maximum absolute atomic E-state index is 5.04. The summed E-state index contributed by atoms with van der Waals surface area (Å²) in [5.74, 6) is 2.56. The van der Waals surface area contributed by atoms with E-state index in [9.17, 15) is 0 Å². The van der Waals surface area contributed by atoms with Crippen LogP contribution in [-0.4, -0.2) is 13.2 Å². The number of unbranched alkanes of at least 4 members (excludes halogenated alkanes) is 1. The standard InChI is InChI=1S/C8H13O/c1-4-5-6-7-8(2)9-3/h1,8H,2,5-7H2,3H3. The highest BCUT2D eigenvalue weighted by Gasteiger charge is 1.95. The zero-order chi connectivity index (χ0) is 7.11. The van der Waals surface area contributed by atoms with Crippen molar-refractivity contribution in [2.75, 3.05) is 7.11 Å². The van der Waals surface area contributed by atoms with Crippen molar-refractivity contribution >= 4 is 0 Å². The van der Waals surface area contributed by atoms with Gasteiger partial charge in [-0.2, -0.15) is 0 Å². The van der Waals surface area contributed by atoms with E-state index in [2.05, 4.69) is 12.8 Å². The lowest BCUT2D eigenvalue weighted by Gasteiger charge is -2.05. The maximum atomic E-state index is 5.04.